The van der Waals surface area contributed by atoms with Gasteiger partial charge in [-0.2, -0.15) is 0 Å². The van der Waals surface area contributed by atoms with Crippen molar-refractivity contribution in [3.05, 3.63) is 34.9 Å². The standard InChI is InChI=1S/C11H13NO/c12-7-8-4-5-10-9(6-8)2-1-3-11(10)13/h1-3,6,13H,4-5,7,12H2. The van der Waals surface area contributed by atoms with Gasteiger partial charge in [0.1, 0.15) is 5.75 Å². The van der Waals surface area contributed by atoms with E-state index in [1.807, 2.05) is 12.1 Å². The predicted octanol–water partition coefficient (Wildman–Crippen LogP) is 1.68. The number of aromatic hydroxyl groups is 1. The molecular weight excluding hydrogens is 162 g/mol. The number of hydrogen-bond donors (Lipinski definition) is 2. The van der Waals surface area contributed by atoms with E-state index in [-0.39, 0.29) is 0 Å². The van der Waals surface area contributed by atoms with Crippen LogP contribution in [0.3, 0.4) is 0 Å². The molecule has 13 heavy (non-hydrogen) atoms. The molecule has 0 spiro atoms. The smallest absolute Gasteiger partial charge is 0.119 e. The van der Waals surface area contributed by atoms with Crippen LogP contribution >= 0.6 is 0 Å². The maximum absolute atomic E-state index is 9.55. The minimum absolute atomic E-state index is 0.407. The van der Waals surface area contributed by atoms with Crippen LogP contribution in [0.1, 0.15) is 17.5 Å². The highest BCUT2D eigenvalue weighted by atomic mass is 16.3. The third kappa shape index (κ3) is 1.45. The van der Waals surface area contributed by atoms with Crippen molar-refractivity contribution >= 4 is 6.08 Å². The second-order valence-corrected chi connectivity index (χ2v) is 3.35. The fourth-order valence-electron chi connectivity index (χ4n) is 1.74. The lowest BCUT2D eigenvalue weighted by Gasteiger charge is -2.16. The van der Waals surface area contributed by atoms with Gasteiger partial charge in [-0.1, -0.05) is 23.8 Å². The Morgan fingerprint density at radius 3 is 2.92 bits per heavy atom. The Balaban J connectivity index is 2.47. The summed E-state index contributed by atoms with van der Waals surface area (Å²) >= 11 is 0. The van der Waals surface area contributed by atoms with Gasteiger partial charge in [0.05, 0.1) is 0 Å². The first-order chi connectivity index (χ1) is 6.31. The highest BCUT2D eigenvalue weighted by Gasteiger charge is 2.11. The minimum Gasteiger partial charge on any atom is -0.508 e. The quantitative estimate of drug-likeness (QED) is 0.682. The molecule has 0 saturated carbocycles. The van der Waals surface area contributed by atoms with Gasteiger partial charge < -0.3 is 10.8 Å². The number of nitrogens with two attached hydrogens (primary N) is 1. The molecule has 0 heterocycles. The first-order valence-corrected chi connectivity index (χ1v) is 4.51. The number of rotatable bonds is 1. The van der Waals surface area contributed by atoms with Gasteiger partial charge in [0.15, 0.2) is 0 Å². The Labute approximate surface area is 77.7 Å². The van der Waals surface area contributed by atoms with Crippen LogP contribution in [-0.4, -0.2) is 11.7 Å². The summed E-state index contributed by atoms with van der Waals surface area (Å²) in [6, 6.07) is 5.62. The van der Waals surface area contributed by atoms with E-state index in [1.165, 1.54) is 5.57 Å². The highest BCUT2D eigenvalue weighted by Crippen LogP contribution is 2.29. The maximum atomic E-state index is 9.55. The molecule has 1 aromatic carbocycles. The molecule has 2 rings (SSSR count). The summed E-state index contributed by atoms with van der Waals surface area (Å²) in [5, 5.41) is 9.55. The highest BCUT2D eigenvalue weighted by molar-refractivity contribution is 5.62. The van der Waals surface area contributed by atoms with Crippen molar-refractivity contribution in [3.63, 3.8) is 0 Å². The number of benzene rings is 1. The van der Waals surface area contributed by atoms with E-state index in [1.54, 1.807) is 6.07 Å². The second-order valence-electron chi connectivity index (χ2n) is 3.35. The number of phenolic OH excluding ortho intramolecular Hbond substituents is 1. The molecule has 0 atom stereocenters. The molecule has 68 valence electrons. The molecule has 1 aliphatic rings. The van der Waals surface area contributed by atoms with Crippen molar-refractivity contribution < 1.29 is 5.11 Å². The number of fused-ring (bicyclic) bond motifs is 1. The topological polar surface area (TPSA) is 46.2 Å². The van der Waals surface area contributed by atoms with E-state index < -0.39 is 0 Å². The third-order valence-electron chi connectivity index (χ3n) is 2.51. The van der Waals surface area contributed by atoms with E-state index in [2.05, 4.69) is 6.08 Å². The van der Waals surface area contributed by atoms with Crippen LogP contribution in [0.4, 0.5) is 0 Å². The fourth-order valence-corrected chi connectivity index (χ4v) is 1.74. The zero-order valence-corrected chi connectivity index (χ0v) is 7.46. The summed E-state index contributed by atoms with van der Waals surface area (Å²) in [5.74, 6) is 0.407. The normalized spacial score (nSPS) is 15.0. The Bertz CT molecular complexity index is 355. The molecule has 1 aliphatic carbocycles. The van der Waals surface area contributed by atoms with E-state index >= 15 is 0 Å². The Kier molecular flexibility index (Phi) is 2.07. The van der Waals surface area contributed by atoms with Crippen LogP contribution in [0.15, 0.2) is 23.8 Å². The van der Waals surface area contributed by atoms with Gasteiger partial charge >= 0.3 is 0 Å². The lowest BCUT2D eigenvalue weighted by molar-refractivity contribution is 0.467. The number of hydrogen-bond acceptors (Lipinski definition) is 2. The summed E-state index contributed by atoms with van der Waals surface area (Å²) in [4.78, 5) is 0. The number of phenols is 1. The van der Waals surface area contributed by atoms with Crippen molar-refractivity contribution in [2.45, 2.75) is 12.8 Å². The monoisotopic (exact) mass is 175 g/mol. The van der Waals surface area contributed by atoms with E-state index in [9.17, 15) is 5.11 Å². The molecule has 0 saturated heterocycles. The van der Waals surface area contributed by atoms with Gasteiger partial charge in [0.2, 0.25) is 0 Å². The molecule has 0 radical (unpaired) electrons. The molecule has 0 amide bonds. The average Bonchev–Trinajstić information content (AvgIpc) is 2.18. The molecular formula is C11H13NO. The second kappa shape index (κ2) is 3.23. The summed E-state index contributed by atoms with van der Waals surface area (Å²) in [6.07, 6.45) is 3.96. The van der Waals surface area contributed by atoms with Gasteiger partial charge in [-0.3, -0.25) is 0 Å². The van der Waals surface area contributed by atoms with Gasteiger partial charge in [-0.05, 0) is 24.5 Å². The average molecular weight is 175 g/mol. The van der Waals surface area contributed by atoms with Crippen molar-refractivity contribution in [2.24, 2.45) is 5.73 Å². The van der Waals surface area contributed by atoms with Crippen LogP contribution in [0, 0.1) is 0 Å². The van der Waals surface area contributed by atoms with Crippen LogP contribution in [-0.2, 0) is 6.42 Å². The van der Waals surface area contributed by atoms with Crippen LogP contribution in [0.5, 0.6) is 5.75 Å². The zero-order chi connectivity index (χ0) is 9.26. The molecule has 0 aromatic heterocycles. The van der Waals surface area contributed by atoms with Gasteiger partial charge in [-0.25, -0.2) is 0 Å². The summed E-state index contributed by atoms with van der Waals surface area (Å²) < 4.78 is 0. The molecule has 0 aliphatic heterocycles. The van der Waals surface area contributed by atoms with Crippen molar-refractivity contribution in [2.75, 3.05) is 6.54 Å². The van der Waals surface area contributed by atoms with Crippen molar-refractivity contribution in [3.8, 4) is 5.75 Å². The van der Waals surface area contributed by atoms with Crippen molar-refractivity contribution in [1.82, 2.24) is 0 Å². The molecule has 1 aromatic rings. The lowest BCUT2D eigenvalue weighted by atomic mass is 9.92. The van der Waals surface area contributed by atoms with Gasteiger partial charge in [-0.15, -0.1) is 0 Å². The fraction of sp³-hybridized carbons (Fsp3) is 0.273. The SMILES string of the molecule is NCC1=Cc2cccc(O)c2CC1. The Hall–Kier alpha value is -1.28. The predicted molar refractivity (Wildman–Crippen MR) is 53.5 cm³/mol. The van der Waals surface area contributed by atoms with E-state index in [4.69, 9.17) is 5.73 Å². The summed E-state index contributed by atoms with van der Waals surface area (Å²) in [6.45, 7) is 0.620. The van der Waals surface area contributed by atoms with E-state index in [0.717, 1.165) is 24.0 Å². The Morgan fingerprint density at radius 2 is 2.15 bits per heavy atom. The molecule has 3 N–H and O–H groups in total. The molecule has 0 fully saturated rings. The van der Waals surface area contributed by atoms with Crippen LogP contribution in [0.25, 0.3) is 6.08 Å². The van der Waals surface area contributed by atoms with Crippen molar-refractivity contribution in [1.29, 1.82) is 0 Å². The van der Waals surface area contributed by atoms with Crippen LogP contribution in [0.2, 0.25) is 0 Å². The third-order valence-corrected chi connectivity index (χ3v) is 2.51. The van der Waals surface area contributed by atoms with Gasteiger partial charge in [0.25, 0.3) is 0 Å². The maximum Gasteiger partial charge on any atom is 0.119 e. The van der Waals surface area contributed by atoms with Crippen LogP contribution < -0.4 is 5.73 Å². The molecule has 2 nitrogen and oxygen atoms in total. The summed E-state index contributed by atoms with van der Waals surface area (Å²) in [5.41, 5.74) is 9.00. The van der Waals surface area contributed by atoms with Gasteiger partial charge in [0, 0.05) is 12.1 Å². The first-order valence-electron chi connectivity index (χ1n) is 4.51. The Morgan fingerprint density at radius 1 is 1.31 bits per heavy atom. The first kappa shape index (κ1) is 8.32. The molecule has 2 heteroatoms. The van der Waals surface area contributed by atoms with E-state index in [0.29, 0.717) is 12.3 Å². The summed E-state index contributed by atoms with van der Waals surface area (Å²) in [7, 11) is 0. The lowest BCUT2D eigenvalue weighted by Crippen LogP contribution is -2.08. The zero-order valence-electron chi connectivity index (χ0n) is 7.46. The minimum atomic E-state index is 0.407. The molecule has 0 bridgehead atoms. The largest absolute Gasteiger partial charge is 0.508 e. The molecule has 0 unspecified atom stereocenters.